The lowest BCUT2D eigenvalue weighted by molar-refractivity contribution is -0.139. The summed E-state index contributed by atoms with van der Waals surface area (Å²) in [6, 6.07) is 5.14. The number of amides is 1. The van der Waals surface area contributed by atoms with Gasteiger partial charge in [-0.3, -0.25) is 0 Å². The van der Waals surface area contributed by atoms with Gasteiger partial charge in [-0.1, -0.05) is 13.8 Å². The molecule has 0 saturated carbocycles. The fourth-order valence-corrected chi connectivity index (χ4v) is 3.99. The first kappa shape index (κ1) is 25.2. The molecule has 1 amide bonds. The normalized spacial score (nSPS) is 13.4. The zero-order chi connectivity index (χ0) is 24.9. The van der Waals surface area contributed by atoms with Gasteiger partial charge in [0.1, 0.15) is 18.0 Å². The second kappa shape index (κ2) is 10.2. The molecule has 3 rings (SSSR count). The van der Waals surface area contributed by atoms with Crippen molar-refractivity contribution < 1.29 is 27.4 Å². The highest BCUT2D eigenvalue weighted by molar-refractivity contribution is 7.13. The number of halogens is 3. The maximum atomic E-state index is 13.9. The molecule has 3 aromatic rings. The van der Waals surface area contributed by atoms with E-state index in [0.29, 0.717) is 11.6 Å². The molecule has 8 nitrogen and oxygen atoms in total. The Labute approximate surface area is 198 Å². The molecule has 0 fully saturated rings. The Morgan fingerprint density at radius 2 is 1.97 bits per heavy atom. The molecule has 2 heterocycles. The van der Waals surface area contributed by atoms with Gasteiger partial charge < -0.3 is 20.5 Å². The van der Waals surface area contributed by atoms with E-state index in [1.54, 1.807) is 18.5 Å². The van der Waals surface area contributed by atoms with Crippen molar-refractivity contribution in [3.05, 3.63) is 47.6 Å². The first-order chi connectivity index (χ1) is 15.9. The summed E-state index contributed by atoms with van der Waals surface area (Å²) in [5, 5.41) is 5.22. The van der Waals surface area contributed by atoms with E-state index in [1.165, 1.54) is 35.7 Å². The van der Waals surface area contributed by atoms with Gasteiger partial charge in [0.25, 0.3) is 0 Å². The van der Waals surface area contributed by atoms with Crippen LogP contribution in [0.3, 0.4) is 0 Å². The topological polar surface area (TPSA) is 112 Å². The maximum absolute atomic E-state index is 13.9. The van der Waals surface area contributed by atoms with Crippen LogP contribution in [0.4, 0.5) is 29.0 Å². The fourth-order valence-electron chi connectivity index (χ4n) is 3.46. The van der Waals surface area contributed by atoms with Crippen LogP contribution in [0.2, 0.25) is 0 Å². The second-order valence-corrected chi connectivity index (χ2v) is 9.09. The van der Waals surface area contributed by atoms with Gasteiger partial charge in [0.05, 0.1) is 11.3 Å². The molecule has 3 N–H and O–H groups in total. The summed E-state index contributed by atoms with van der Waals surface area (Å²) >= 11 is 1.33. The molecule has 0 aliphatic carbocycles. The number of nitrogens with zero attached hydrogens (tertiary/aromatic N) is 3. The lowest BCUT2D eigenvalue weighted by Crippen LogP contribution is -2.41. The lowest BCUT2D eigenvalue weighted by Gasteiger charge is -2.30. The van der Waals surface area contributed by atoms with Crippen LogP contribution in [0, 0.1) is 5.92 Å². The molecular formula is C22H24F3N5O3S. The van der Waals surface area contributed by atoms with Gasteiger partial charge in [-0.25, -0.2) is 19.7 Å². The maximum Gasteiger partial charge on any atom is 0.419 e. The highest BCUT2D eigenvalue weighted by Gasteiger charge is 2.37. The minimum absolute atomic E-state index is 0.0855. The highest BCUT2D eigenvalue weighted by Crippen LogP contribution is 2.39. The van der Waals surface area contributed by atoms with Crippen molar-refractivity contribution in [1.82, 2.24) is 15.0 Å². The largest absolute Gasteiger partial charge is 0.489 e. The number of primary amides is 1. The molecule has 0 saturated heterocycles. The minimum Gasteiger partial charge on any atom is -0.489 e. The number of anilines is 2. The van der Waals surface area contributed by atoms with Crippen LogP contribution in [0.25, 0.3) is 11.3 Å². The quantitative estimate of drug-likeness (QED) is 0.395. The second-order valence-electron chi connectivity index (χ2n) is 8.19. The molecule has 0 bridgehead atoms. The molecule has 1 unspecified atom stereocenters. The van der Waals surface area contributed by atoms with E-state index in [0.717, 1.165) is 6.07 Å². The Morgan fingerprint density at radius 3 is 2.59 bits per heavy atom. The molecule has 34 heavy (non-hydrogen) atoms. The van der Waals surface area contributed by atoms with Crippen molar-refractivity contribution >= 4 is 28.5 Å². The van der Waals surface area contributed by atoms with Gasteiger partial charge in [0, 0.05) is 23.3 Å². The molecule has 12 heteroatoms. The third-order valence-corrected chi connectivity index (χ3v) is 5.30. The molecule has 2 aromatic heterocycles. The van der Waals surface area contributed by atoms with Crippen molar-refractivity contribution in [2.45, 2.75) is 39.0 Å². The fraction of sp³-hybridized carbons (Fsp3) is 0.364. The van der Waals surface area contributed by atoms with E-state index in [4.69, 9.17) is 15.2 Å². The van der Waals surface area contributed by atoms with Gasteiger partial charge in [0.15, 0.2) is 5.13 Å². The van der Waals surface area contributed by atoms with E-state index in [9.17, 15) is 18.0 Å². The SMILES string of the molecule is CC(C)CC(C)(COc1ccc(-c2ccnc(Nc3nccs3)n2)cc1C(F)(F)F)OC(N)=O. The van der Waals surface area contributed by atoms with Crippen LogP contribution in [-0.2, 0) is 10.9 Å². The molecule has 0 spiro atoms. The van der Waals surface area contributed by atoms with Gasteiger partial charge in [-0.15, -0.1) is 11.3 Å². The molecule has 1 atom stereocenters. The summed E-state index contributed by atoms with van der Waals surface area (Å²) in [6.45, 7) is 5.04. The van der Waals surface area contributed by atoms with Crippen LogP contribution in [0.5, 0.6) is 5.75 Å². The molecule has 0 aliphatic heterocycles. The highest BCUT2D eigenvalue weighted by atomic mass is 32.1. The number of ether oxygens (including phenoxy) is 2. The molecular weight excluding hydrogens is 471 g/mol. The first-order valence-corrected chi connectivity index (χ1v) is 11.2. The molecule has 182 valence electrons. The number of alkyl halides is 3. The molecule has 0 radical (unpaired) electrons. The van der Waals surface area contributed by atoms with E-state index < -0.39 is 29.2 Å². The van der Waals surface area contributed by atoms with Crippen molar-refractivity contribution in [2.75, 3.05) is 11.9 Å². The number of carbonyl (C=O) groups is 1. The zero-order valence-corrected chi connectivity index (χ0v) is 19.5. The van der Waals surface area contributed by atoms with Crippen LogP contribution in [0.1, 0.15) is 32.8 Å². The van der Waals surface area contributed by atoms with Crippen LogP contribution in [0.15, 0.2) is 42.0 Å². The zero-order valence-electron chi connectivity index (χ0n) is 18.7. The van der Waals surface area contributed by atoms with Gasteiger partial charge in [-0.05, 0) is 43.5 Å². The predicted molar refractivity (Wildman–Crippen MR) is 122 cm³/mol. The van der Waals surface area contributed by atoms with Crippen molar-refractivity contribution in [3.63, 3.8) is 0 Å². The summed E-state index contributed by atoms with van der Waals surface area (Å²) in [4.78, 5) is 23.7. The number of hydrogen-bond acceptors (Lipinski definition) is 8. The van der Waals surface area contributed by atoms with Crippen LogP contribution in [-0.4, -0.2) is 33.3 Å². The lowest BCUT2D eigenvalue weighted by atomic mass is 9.95. The van der Waals surface area contributed by atoms with Crippen molar-refractivity contribution in [2.24, 2.45) is 11.7 Å². The Balaban J connectivity index is 1.88. The third kappa shape index (κ3) is 6.80. The van der Waals surface area contributed by atoms with Crippen LogP contribution >= 0.6 is 11.3 Å². The van der Waals surface area contributed by atoms with Gasteiger partial charge in [0.2, 0.25) is 5.95 Å². The summed E-state index contributed by atoms with van der Waals surface area (Å²) in [5.74, 6) is -0.105. The van der Waals surface area contributed by atoms with Crippen molar-refractivity contribution in [3.8, 4) is 17.0 Å². The summed E-state index contributed by atoms with van der Waals surface area (Å²) < 4.78 is 52.3. The summed E-state index contributed by atoms with van der Waals surface area (Å²) in [7, 11) is 0. The van der Waals surface area contributed by atoms with E-state index in [1.807, 2.05) is 13.8 Å². The van der Waals surface area contributed by atoms with Crippen molar-refractivity contribution in [1.29, 1.82) is 0 Å². The average molecular weight is 496 g/mol. The van der Waals surface area contributed by atoms with E-state index in [-0.39, 0.29) is 29.7 Å². The monoisotopic (exact) mass is 495 g/mol. The average Bonchev–Trinajstić information content (AvgIpc) is 3.23. The van der Waals surface area contributed by atoms with Gasteiger partial charge >= 0.3 is 12.3 Å². The smallest absolute Gasteiger partial charge is 0.419 e. The standard InChI is InChI=1S/C22H24F3N5O3S/c1-13(2)11-21(3,33-18(26)31)12-32-17-5-4-14(10-15(17)22(23,24)25)16-6-7-27-19(29-16)30-20-28-8-9-34-20/h4-10,13H,11-12H2,1-3H3,(H2,26,31)(H,27,28,29,30). The van der Waals surface area contributed by atoms with Gasteiger partial charge in [-0.2, -0.15) is 13.2 Å². The Bertz CT molecular complexity index is 1130. The number of thiazole rings is 1. The Kier molecular flexibility index (Phi) is 7.60. The summed E-state index contributed by atoms with van der Waals surface area (Å²) in [6.07, 6.45) is -2.32. The first-order valence-electron chi connectivity index (χ1n) is 10.3. The number of nitrogens with one attached hydrogen (secondary N) is 1. The number of rotatable bonds is 9. The number of hydrogen-bond donors (Lipinski definition) is 2. The number of aromatic nitrogens is 3. The predicted octanol–water partition coefficient (Wildman–Crippen LogP) is 5.64. The number of nitrogens with two attached hydrogens (primary N) is 1. The minimum atomic E-state index is -4.70. The van der Waals surface area contributed by atoms with E-state index >= 15 is 0 Å². The number of carbonyl (C=O) groups excluding carboxylic acids is 1. The number of benzene rings is 1. The van der Waals surface area contributed by atoms with Crippen LogP contribution < -0.4 is 15.8 Å². The third-order valence-electron chi connectivity index (χ3n) is 4.61. The molecule has 1 aromatic carbocycles. The van der Waals surface area contributed by atoms with E-state index in [2.05, 4.69) is 20.3 Å². The Morgan fingerprint density at radius 1 is 1.21 bits per heavy atom. The molecule has 0 aliphatic rings. The summed E-state index contributed by atoms with van der Waals surface area (Å²) in [5.41, 5.74) is 3.48. The Hall–Kier alpha value is -3.41.